The van der Waals surface area contributed by atoms with Crippen LogP contribution in [0.4, 0.5) is 30.7 Å². The number of hydrogen-bond acceptors (Lipinski definition) is 2. The Bertz CT molecular complexity index is 1030. The van der Waals surface area contributed by atoms with E-state index in [0.29, 0.717) is 0 Å². The quantitative estimate of drug-likeness (QED) is 0.307. The van der Waals surface area contributed by atoms with Gasteiger partial charge in [0.05, 0.1) is 5.56 Å². The van der Waals surface area contributed by atoms with Crippen molar-refractivity contribution in [1.82, 2.24) is 0 Å². The van der Waals surface area contributed by atoms with Crippen molar-refractivity contribution in [3.05, 3.63) is 59.2 Å². The lowest BCUT2D eigenvalue weighted by atomic mass is 9.68. The lowest BCUT2D eigenvalue weighted by Crippen LogP contribution is -2.25. The fourth-order valence-corrected chi connectivity index (χ4v) is 6.25. The Labute approximate surface area is 218 Å². The molecule has 0 aliphatic heterocycles. The van der Waals surface area contributed by atoms with E-state index in [4.69, 9.17) is 0 Å². The molecular weight excluding hydrogens is 513 g/mol. The first-order valence-electron chi connectivity index (χ1n) is 13.4. The number of halogens is 7. The normalized spacial score (nSPS) is 24.7. The van der Waals surface area contributed by atoms with Gasteiger partial charge in [-0.25, -0.2) is 8.78 Å². The largest absolute Gasteiger partial charge is 0.573 e. The molecule has 0 unspecified atom stereocenters. The van der Waals surface area contributed by atoms with Crippen LogP contribution in [0.15, 0.2) is 36.4 Å². The molecule has 0 bridgehead atoms. The van der Waals surface area contributed by atoms with Crippen LogP contribution in [0.2, 0.25) is 0 Å². The summed E-state index contributed by atoms with van der Waals surface area (Å²) in [4.78, 5) is 0. The highest BCUT2D eigenvalue weighted by Crippen LogP contribution is 2.45. The Kier molecular flexibility index (Phi) is 8.82. The first kappa shape index (κ1) is 28.6. The highest BCUT2D eigenvalue weighted by molar-refractivity contribution is 5.36. The average Bonchev–Trinajstić information content (AvgIpc) is 2.86. The van der Waals surface area contributed by atoms with E-state index in [1.54, 1.807) is 12.1 Å². The van der Waals surface area contributed by atoms with Crippen LogP contribution in [-0.2, 0) is 6.11 Å². The van der Waals surface area contributed by atoms with Gasteiger partial charge in [0.15, 0.2) is 11.6 Å². The number of ether oxygens (including phenoxy) is 2. The molecule has 0 spiro atoms. The fourth-order valence-electron chi connectivity index (χ4n) is 6.25. The van der Waals surface area contributed by atoms with Crippen LogP contribution in [0.25, 0.3) is 0 Å². The topological polar surface area (TPSA) is 18.5 Å². The van der Waals surface area contributed by atoms with Crippen molar-refractivity contribution in [2.75, 3.05) is 0 Å². The SMILES string of the molecule is CCC[C@H]1CC[C@H](C2CCC(c3ccc(C(F)(F)Oc4cc(F)c(OC(F)(F)F)c(F)c4)cc3)CC2)CC1. The van der Waals surface area contributed by atoms with Gasteiger partial charge in [-0.3, -0.25) is 0 Å². The monoisotopic (exact) mass is 546 g/mol. The zero-order valence-electron chi connectivity index (χ0n) is 21.3. The zero-order valence-corrected chi connectivity index (χ0v) is 21.3. The summed E-state index contributed by atoms with van der Waals surface area (Å²) < 4.78 is 102. The van der Waals surface area contributed by atoms with Crippen molar-refractivity contribution in [1.29, 1.82) is 0 Å². The minimum Gasteiger partial charge on any atom is -0.429 e. The second kappa shape index (κ2) is 11.7. The minimum absolute atomic E-state index is 0.223. The Morgan fingerprint density at radius 3 is 1.76 bits per heavy atom. The number of alkyl halides is 5. The maximum absolute atomic E-state index is 14.7. The predicted molar refractivity (Wildman–Crippen MR) is 129 cm³/mol. The van der Waals surface area contributed by atoms with E-state index in [1.165, 1.54) is 50.7 Å². The second-order valence-corrected chi connectivity index (χ2v) is 10.7. The lowest BCUT2D eigenvalue weighted by Gasteiger charge is -2.38. The first-order chi connectivity index (χ1) is 17.9. The summed E-state index contributed by atoms with van der Waals surface area (Å²) in [5.74, 6) is -3.63. The fraction of sp³-hybridized carbons (Fsp3) is 0.586. The van der Waals surface area contributed by atoms with Crippen LogP contribution in [0.3, 0.4) is 0 Å². The Balaban J connectivity index is 1.33. The molecule has 0 atom stereocenters. The van der Waals surface area contributed by atoms with Crippen LogP contribution < -0.4 is 9.47 Å². The molecule has 2 aromatic carbocycles. The summed E-state index contributed by atoms with van der Waals surface area (Å²) in [7, 11) is 0. The Morgan fingerprint density at radius 2 is 1.26 bits per heavy atom. The first-order valence-corrected chi connectivity index (χ1v) is 13.4. The summed E-state index contributed by atoms with van der Waals surface area (Å²) in [5.41, 5.74) is 0.426. The van der Waals surface area contributed by atoms with Crippen LogP contribution in [0, 0.1) is 29.4 Å². The molecule has 38 heavy (non-hydrogen) atoms. The predicted octanol–water partition coefficient (Wildman–Crippen LogP) is 9.87. The molecule has 0 N–H and O–H groups in total. The molecule has 9 heteroatoms. The van der Waals surface area contributed by atoms with E-state index in [0.717, 1.165) is 49.0 Å². The molecular formula is C29H33F7O2. The van der Waals surface area contributed by atoms with Gasteiger partial charge >= 0.3 is 12.5 Å². The third-order valence-corrected chi connectivity index (χ3v) is 8.18. The third kappa shape index (κ3) is 7.14. The molecule has 0 heterocycles. The molecule has 2 aromatic rings. The van der Waals surface area contributed by atoms with Crippen molar-refractivity contribution in [3.63, 3.8) is 0 Å². The third-order valence-electron chi connectivity index (χ3n) is 8.18. The maximum atomic E-state index is 14.7. The maximum Gasteiger partial charge on any atom is 0.573 e. The smallest absolute Gasteiger partial charge is 0.429 e. The molecule has 2 aliphatic carbocycles. The highest BCUT2D eigenvalue weighted by atomic mass is 19.4. The Hall–Kier alpha value is -2.45. The molecule has 4 rings (SSSR count). The average molecular weight is 547 g/mol. The summed E-state index contributed by atoms with van der Waals surface area (Å²) in [6, 6.07) is 6.11. The van der Waals surface area contributed by atoms with Gasteiger partial charge in [0.25, 0.3) is 0 Å². The number of benzene rings is 2. The standard InChI is InChI=1S/C29H33F7O2/c1-2-3-18-4-6-19(7-5-18)20-8-10-21(11-9-20)22-12-14-23(15-13-22)28(32,33)37-24-16-25(30)27(26(31)17-24)38-29(34,35)36/h12-21H,2-11H2,1H3/t18-,19-,20?,21?. The van der Waals surface area contributed by atoms with E-state index in [1.807, 2.05) is 0 Å². The van der Waals surface area contributed by atoms with Crippen LogP contribution in [-0.4, -0.2) is 6.36 Å². The van der Waals surface area contributed by atoms with E-state index < -0.39 is 41.2 Å². The summed E-state index contributed by atoms with van der Waals surface area (Å²) in [5, 5.41) is 0. The van der Waals surface area contributed by atoms with Gasteiger partial charge in [0.2, 0.25) is 5.75 Å². The van der Waals surface area contributed by atoms with Crippen molar-refractivity contribution in [3.8, 4) is 11.5 Å². The molecule has 0 amide bonds. The van der Waals surface area contributed by atoms with Gasteiger partial charge in [0, 0.05) is 12.1 Å². The van der Waals surface area contributed by atoms with E-state index >= 15 is 0 Å². The van der Waals surface area contributed by atoms with Gasteiger partial charge < -0.3 is 9.47 Å². The van der Waals surface area contributed by atoms with Gasteiger partial charge in [-0.2, -0.15) is 8.78 Å². The Morgan fingerprint density at radius 1 is 0.737 bits per heavy atom. The zero-order chi connectivity index (χ0) is 27.5. The van der Waals surface area contributed by atoms with Crippen molar-refractivity contribution < 1.29 is 40.2 Å². The van der Waals surface area contributed by atoms with Crippen LogP contribution in [0.5, 0.6) is 11.5 Å². The summed E-state index contributed by atoms with van der Waals surface area (Å²) in [6.45, 7) is 2.25. The van der Waals surface area contributed by atoms with Crippen molar-refractivity contribution in [2.24, 2.45) is 17.8 Å². The molecule has 0 aromatic heterocycles. The van der Waals surface area contributed by atoms with Crippen LogP contribution in [0.1, 0.15) is 88.2 Å². The van der Waals surface area contributed by atoms with Gasteiger partial charge in [-0.05, 0) is 79.9 Å². The van der Waals surface area contributed by atoms with E-state index in [-0.39, 0.29) is 18.1 Å². The van der Waals surface area contributed by atoms with Gasteiger partial charge in [-0.1, -0.05) is 44.7 Å². The summed E-state index contributed by atoms with van der Waals surface area (Å²) in [6.07, 6.45) is 2.88. The van der Waals surface area contributed by atoms with E-state index in [9.17, 15) is 30.7 Å². The molecule has 210 valence electrons. The number of hydrogen-bond donors (Lipinski definition) is 0. The molecule has 0 saturated heterocycles. The molecule has 2 nitrogen and oxygen atoms in total. The van der Waals surface area contributed by atoms with Gasteiger partial charge in [0.1, 0.15) is 5.75 Å². The van der Waals surface area contributed by atoms with Crippen molar-refractivity contribution >= 4 is 0 Å². The number of rotatable bonds is 8. The lowest BCUT2D eigenvalue weighted by molar-refractivity contribution is -0.276. The molecule has 2 fully saturated rings. The minimum atomic E-state index is -5.34. The molecule has 0 radical (unpaired) electrons. The van der Waals surface area contributed by atoms with Crippen molar-refractivity contribution in [2.45, 2.75) is 89.5 Å². The molecule has 2 saturated carbocycles. The second-order valence-electron chi connectivity index (χ2n) is 10.7. The van der Waals surface area contributed by atoms with Crippen LogP contribution >= 0.6 is 0 Å². The highest BCUT2D eigenvalue weighted by Gasteiger charge is 2.38. The molecule has 2 aliphatic rings. The van der Waals surface area contributed by atoms with E-state index in [2.05, 4.69) is 16.4 Å². The summed E-state index contributed by atoms with van der Waals surface area (Å²) >= 11 is 0. The van der Waals surface area contributed by atoms with Gasteiger partial charge in [-0.15, -0.1) is 13.2 Å².